The van der Waals surface area contributed by atoms with Crippen LogP contribution in [-0.4, -0.2) is 34.6 Å². The molecule has 2 saturated carbocycles. The maximum absolute atomic E-state index is 12.8. The van der Waals surface area contributed by atoms with Gasteiger partial charge in [0.1, 0.15) is 0 Å². The van der Waals surface area contributed by atoms with Gasteiger partial charge in [0, 0.05) is 24.3 Å². The molecule has 0 bridgehead atoms. The summed E-state index contributed by atoms with van der Waals surface area (Å²) in [5, 5.41) is 9.06. The molecule has 3 rings (SSSR count). The summed E-state index contributed by atoms with van der Waals surface area (Å²) in [6.07, 6.45) is 7.74. The monoisotopic (exact) mass is 287 g/mol. The van der Waals surface area contributed by atoms with Crippen LogP contribution in [0.2, 0.25) is 0 Å². The summed E-state index contributed by atoms with van der Waals surface area (Å²) in [5.41, 5.74) is 0.821. The summed E-state index contributed by atoms with van der Waals surface area (Å²) in [5.74, 6) is 0.864. The summed E-state index contributed by atoms with van der Waals surface area (Å²) in [6, 6.07) is 10.6. The second kappa shape index (κ2) is 6.61. The molecule has 0 aromatic heterocycles. The van der Waals surface area contributed by atoms with Gasteiger partial charge in [-0.15, -0.1) is 0 Å². The fourth-order valence-corrected chi connectivity index (χ4v) is 3.61. The molecule has 1 amide bonds. The van der Waals surface area contributed by atoms with Crippen LogP contribution in [0.1, 0.15) is 55.3 Å². The van der Waals surface area contributed by atoms with Crippen molar-refractivity contribution in [2.75, 3.05) is 6.61 Å². The number of hydrogen-bond donors (Lipinski definition) is 1. The molecule has 1 N–H and O–H groups in total. The lowest BCUT2D eigenvalue weighted by Crippen LogP contribution is -2.44. The highest BCUT2D eigenvalue weighted by atomic mass is 16.3. The number of nitrogens with zero attached hydrogens (tertiary/aromatic N) is 1. The standard InChI is InChI=1S/C18H25NO2/c20-13-12-14-6-8-16(9-7-14)19(17-10-11-17)18(21)15-4-2-1-3-5-15/h1-5,14,16-17,20H,6-13H2/t14-,16-. The Labute approximate surface area is 127 Å². The van der Waals surface area contributed by atoms with Gasteiger partial charge in [0.15, 0.2) is 0 Å². The second-order valence-electron chi connectivity index (χ2n) is 6.50. The molecule has 0 spiro atoms. The summed E-state index contributed by atoms with van der Waals surface area (Å²) >= 11 is 0. The van der Waals surface area contributed by atoms with E-state index in [4.69, 9.17) is 5.11 Å². The van der Waals surface area contributed by atoms with Gasteiger partial charge in [0.05, 0.1) is 0 Å². The van der Waals surface area contributed by atoms with E-state index < -0.39 is 0 Å². The van der Waals surface area contributed by atoms with Gasteiger partial charge < -0.3 is 10.0 Å². The lowest BCUT2D eigenvalue weighted by Gasteiger charge is -2.37. The van der Waals surface area contributed by atoms with E-state index in [-0.39, 0.29) is 5.91 Å². The van der Waals surface area contributed by atoms with Crippen LogP contribution in [0, 0.1) is 5.92 Å². The lowest BCUT2D eigenvalue weighted by atomic mass is 9.83. The number of aliphatic hydroxyl groups excluding tert-OH is 1. The summed E-state index contributed by atoms with van der Waals surface area (Å²) in [4.78, 5) is 15.0. The van der Waals surface area contributed by atoms with Crippen LogP contribution in [0.15, 0.2) is 30.3 Å². The predicted molar refractivity (Wildman–Crippen MR) is 83.1 cm³/mol. The molecule has 2 fully saturated rings. The first kappa shape index (κ1) is 14.6. The number of amides is 1. The van der Waals surface area contributed by atoms with Crippen molar-refractivity contribution in [2.24, 2.45) is 5.92 Å². The van der Waals surface area contributed by atoms with Crippen LogP contribution in [0.5, 0.6) is 0 Å². The molecule has 3 nitrogen and oxygen atoms in total. The Hall–Kier alpha value is -1.35. The highest BCUT2D eigenvalue weighted by molar-refractivity contribution is 5.94. The van der Waals surface area contributed by atoms with E-state index in [1.165, 1.54) is 0 Å². The van der Waals surface area contributed by atoms with E-state index in [0.717, 1.165) is 50.5 Å². The number of carbonyl (C=O) groups is 1. The molecule has 0 unspecified atom stereocenters. The SMILES string of the molecule is O=C(c1ccccc1)N(C1CC1)[C@H]1CC[C@H](CCO)CC1. The third-order valence-corrected chi connectivity index (χ3v) is 4.94. The molecule has 0 radical (unpaired) electrons. The Bertz CT molecular complexity index is 461. The minimum Gasteiger partial charge on any atom is -0.396 e. The molecule has 21 heavy (non-hydrogen) atoms. The number of hydrogen-bond acceptors (Lipinski definition) is 2. The van der Waals surface area contributed by atoms with Gasteiger partial charge in [-0.25, -0.2) is 0 Å². The summed E-state index contributed by atoms with van der Waals surface area (Å²) < 4.78 is 0. The molecule has 0 heterocycles. The Morgan fingerprint density at radius 3 is 2.10 bits per heavy atom. The minimum atomic E-state index is 0.212. The Morgan fingerprint density at radius 2 is 1.57 bits per heavy atom. The van der Waals surface area contributed by atoms with Gasteiger partial charge in [0.2, 0.25) is 0 Å². The highest BCUT2D eigenvalue weighted by Crippen LogP contribution is 2.37. The number of rotatable bonds is 5. The first-order chi connectivity index (χ1) is 10.3. The fraction of sp³-hybridized carbons (Fsp3) is 0.611. The van der Waals surface area contributed by atoms with Crippen LogP contribution >= 0.6 is 0 Å². The van der Waals surface area contributed by atoms with E-state index in [1.807, 2.05) is 30.3 Å². The van der Waals surface area contributed by atoms with Gasteiger partial charge in [0.25, 0.3) is 5.91 Å². The third kappa shape index (κ3) is 3.46. The van der Waals surface area contributed by atoms with Crippen molar-refractivity contribution in [3.8, 4) is 0 Å². The lowest BCUT2D eigenvalue weighted by molar-refractivity contribution is 0.0578. The van der Waals surface area contributed by atoms with Crippen LogP contribution in [0.3, 0.4) is 0 Å². The quantitative estimate of drug-likeness (QED) is 0.903. The van der Waals surface area contributed by atoms with Crippen LogP contribution < -0.4 is 0 Å². The third-order valence-electron chi connectivity index (χ3n) is 4.94. The number of aliphatic hydroxyl groups is 1. The number of carbonyl (C=O) groups excluding carboxylic acids is 1. The van der Waals surface area contributed by atoms with E-state index in [1.54, 1.807) is 0 Å². The van der Waals surface area contributed by atoms with E-state index in [9.17, 15) is 4.79 Å². The van der Waals surface area contributed by atoms with Crippen molar-refractivity contribution >= 4 is 5.91 Å². The van der Waals surface area contributed by atoms with Gasteiger partial charge >= 0.3 is 0 Å². The van der Waals surface area contributed by atoms with Gasteiger partial charge in [-0.2, -0.15) is 0 Å². The largest absolute Gasteiger partial charge is 0.396 e. The summed E-state index contributed by atoms with van der Waals surface area (Å²) in [6.45, 7) is 0.296. The second-order valence-corrected chi connectivity index (χ2v) is 6.50. The molecule has 2 aliphatic rings. The molecule has 1 aromatic carbocycles. The average molecular weight is 287 g/mol. The maximum Gasteiger partial charge on any atom is 0.254 e. The molecular formula is C18H25NO2. The van der Waals surface area contributed by atoms with Crippen molar-refractivity contribution in [3.05, 3.63) is 35.9 Å². The Kier molecular flexibility index (Phi) is 4.59. The van der Waals surface area contributed by atoms with Crippen LogP contribution in [0.4, 0.5) is 0 Å². The molecule has 3 heteroatoms. The van der Waals surface area contributed by atoms with Crippen molar-refractivity contribution in [1.82, 2.24) is 4.90 Å². The predicted octanol–water partition coefficient (Wildman–Crippen LogP) is 3.23. The minimum absolute atomic E-state index is 0.212. The molecular weight excluding hydrogens is 262 g/mol. The maximum atomic E-state index is 12.8. The smallest absolute Gasteiger partial charge is 0.254 e. The van der Waals surface area contributed by atoms with Crippen molar-refractivity contribution in [3.63, 3.8) is 0 Å². The van der Waals surface area contributed by atoms with Crippen LogP contribution in [-0.2, 0) is 0 Å². The van der Waals surface area contributed by atoms with Crippen molar-refractivity contribution in [1.29, 1.82) is 0 Å². The topological polar surface area (TPSA) is 40.5 Å². The Balaban J connectivity index is 1.67. The first-order valence-electron chi connectivity index (χ1n) is 8.28. The van der Waals surface area contributed by atoms with Crippen molar-refractivity contribution in [2.45, 2.75) is 57.0 Å². The molecule has 0 saturated heterocycles. The van der Waals surface area contributed by atoms with Gasteiger partial charge in [-0.05, 0) is 63.0 Å². The van der Waals surface area contributed by atoms with E-state index >= 15 is 0 Å². The Morgan fingerprint density at radius 1 is 1.00 bits per heavy atom. The van der Waals surface area contributed by atoms with Crippen LogP contribution in [0.25, 0.3) is 0 Å². The zero-order valence-electron chi connectivity index (χ0n) is 12.6. The highest BCUT2D eigenvalue weighted by Gasteiger charge is 2.38. The van der Waals surface area contributed by atoms with E-state index in [2.05, 4.69) is 4.90 Å². The molecule has 0 aliphatic heterocycles. The van der Waals surface area contributed by atoms with Crippen molar-refractivity contribution < 1.29 is 9.90 Å². The summed E-state index contributed by atoms with van der Waals surface area (Å²) in [7, 11) is 0. The van der Waals surface area contributed by atoms with E-state index in [0.29, 0.717) is 24.6 Å². The molecule has 0 atom stereocenters. The molecule has 1 aromatic rings. The molecule has 2 aliphatic carbocycles. The zero-order chi connectivity index (χ0) is 14.7. The fourth-order valence-electron chi connectivity index (χ4n) is 3.61. The van der Waals surface area contributed by atoms with Gasteiger partial charge in [-0.3, -0.25) is 4.79 Å². The number of benzene rings is 1. The molecule has 114 valence electrons. The first-order valence-corrected chi connectivity index (χ1v) is 8.28. The normalized spacial score (nSPS) is 25.6. The van der Waals surface area contributed by atoms with Gasteiger partial charge in [-0.1, -0.05) is 18.2 Å². The average Bonchev–Trinajstić information content (AvgIpc) is 3.35. The zero-order valence-corrected chi connectivity index (χ0v) is 12.6.